The van der Waals surface area contributed by atoms with Crippen LogP contribution in [0.4, 0.5) is 0 Å². The number of Topliss-reactive ketones (excluding diaryl/α,β-unsaturated/α-hetero) is 1. The second-order valence-corrected chi connectivity index (χ2v) is 4.33. The number of rotatable bonds is 7. The highest BCUT2D eigenvalue weighted by Crippen LogP contribution is 2.29. The molecule has 14 heavy (non-hydrogen) atoms. The lowest BCUT2D eigenvalue weighted by atomic mass is 9.75. The molecule has 0 saturated carbocycles. The minimum absolute atomic E-state index is 0.247. The second kappa shape index (κ2) is 6.18. The predicted molar refractivity (Wildman–Crippen MR) is 61.1 cm³/mol. The average Bonchev–Trinajstić information content (AvgIpc) is 2.21. The van der Waals surface area contributed by atoms with Crippen LogP contribution in [0.3, 0.4) is 0 Å². The summed E-state index contributed by atoms with van der Waals surface area (Å²) < 4.78 is 0. The van der Waals surface area contributed by atoms with Crippen LogP contribution in [0.15, 0.2) is 0 Å². The fourth-order valence-electron chi connectivity index (χ4n) is 1.72. The Balaban J connectivity index is 4.44. The van der Waals surface area contributed by atoms with Gasteiger partial charge in [-0.1, -0.05) is 34.1 Å². The van der Waals surface area contributed by atoms with Crippen LogP contribution in [0.1, 0.15) is 53.4 Å². The molecule has 0 aliphatic heterocycles. The summed E-state index contributed by atoms with van der Waals surface area (Å²) in [4.78, 5) is 12.0. The third kappa shape index (κ3) is 3.09. The molecule has 1 atom stereocenters. The van der Waals surface area contributed by atoms with Crippen LogP contribution in [0.25, 0.3) is 0 Å². The van der Waals surface area contributed by atoms with Crippen molar-refractivity contribution in [1.82, 2.24) is 0 Å². The molecule has 0 aromatic heterocycles. The molecule has 0 saturated heterocycles. The quantitative estimate of drug-likeness (QED) is 0.685. The number of hydrogen-bond acceptors (Lipinski definition) is 2. The molecule has 0 spiro atoms. The zero-order chi connectivity index (χ0) is 11.2. The number of ketones is 1. The van der Waals surface area contributed by atoms with E-state index in [-0.39, 0.29) is 5.41 Å². The summed E-state index contributed by atoms with van der Waals surface area (Å²) in [7, 11) is 0. The molecule has 2 heteroatoms. The molecule has 1 unspecified atom stereocenters. The van der Waals surface area contributed by atoms with Gasteiger partial charge in [0, 0.05) is 18.4 Å². The smallest absolute Gasteiger partial charge is 0.140 e. The van der Waals surface area contributed by atoms with E-state index in [1.165, 1.54) is 0 Å². The standard InChI is InChI=1S/C12H25NO/c1-5-10(4)8-11(14)12(6-2,7-3)9-13/h10H,5-9,13H2,1-4H3. The molecular formula is C12H25NO. The van der Waals surface area contributed by atoms with Gasteiger partial charge in [-0.25, -0.2) is 0 Å². The van der Waals surface area contributed by atoms with Gasteiger partial charge in [0.25, 0.3) is 0 Å². The molecule has 0 radical (unpaired) electrons. The van der Waals surface area contributed by atoms with Crippen molar-refractivity contribution in [2.24, 2.45) is 17.1 Å². The van der Waals surface area contributed by atoms with Gasteiger partial charge in [-0.15, -0.1) is 0 Å². The normalized spacial score (nSPS) is 14.1. The molecule has 2 N–H and O–H groups in total. The van der Waals surface area contributed by atoms with Gasteiger partial charge in [0.2, 0.25) is 0 Å². The summed E-state index contributed by atoms with van der Waals surface area (Å²) >= 11 is 0. The van der Waals surface area contributed by atoms with E-state index < -0.39 is 0 Å². The van der Waals surface area contributed by atoms with Crippen LogP contribution in [-0.2, 0) is 4.79 Å². The number of carbonyl (C=O) groups excluding carboxylic acids is 1. The molecule has 0 bridgehead atoms. The van der Waals surface area contributed by atoms with Gasteiger partial charge >= 0.3 is 0 Å². The van der Waals surface area contributed by atoms with Crippen molar-refractivity contribution in [3.63, 3.8) is 0 Å². The lowest BCUT2D eigenvalue weighted by molar-refractivity contribution is -0.129. The minimum Gasteiger partial charge on any atom is -0.329 e. The van der Waals surface area contributed by atoms with E-state index in [4.69, 9.17) is 5.73 Å². The van der Waals surface area contributed by atoms with E-state index in [0.717, 1.165) is 19.3 Å². The first-order valence-corrected chi connectivity index (χ1v) is 5.79. The third-order valence-corrected chi connectivity index (χ3v) is 3.57. The van der Waals surface area contributed by atoms with Crippen molar-refractivity contribution < 1.29 is 4.79 Å². The largest absolute Gasteiger partial charge is 0.329 e. The van der Waals surface area contributed by atoms with E-state index in [1.54, 1.807) is 0 Å². The van der Waals surface area contributed by atoms with Crippen LogP contribution in [-0.4, -0.2) is 12.3 Å². The van der Waals surface area contributed by atoms with Gasteiger partial charge in [0.15, 0.2) is 0 Å². The van der Waals surface area contributed by atoms with Gasteiger partial charge < -0.3 is 5.73 Å². The van der Waals surface area contributed by atoms with E-state index in [0.29, 0.717) is 24.7 Å². The molecule has 0 fully saturated rings. The average molecular weight is 199 g/mol. The molecule has 0 heterocycles. The first-order valence-electron chi connectivity index (χ1n) is 5.79. The first kappa shape index (κ1) is 13.6. The van der Waals surface area contributed by atoms with Crippen molar-refractivity contribution >= 4 is 5.78 Å². The van der Waals surface area contributed by atoms with E-state index in [1.807, 2.05) is 0 Å². The molecule has 0 aromatic carbocycles. The molecule has 0 amide bonds. The Morgan fingerprint density at radius 3 is 2.07 bits per heavy atom. The van der Waals surface area contributed by atoms with Crippen molar-refractivity contribution in [3.8, 4) is 0 Å². The highest BCUT2D eigenvalue weighted by Gasteiger charge is 2.33. The van der Waals surface area contributed by atoms with Crippen LogP contribution in [0.2, 0.25) is 0 Å². The summed E-state index contributed by atoms with van der Waals surface area (Å²) in [6.07, 6.45) is 3.50. The molecule has 84 valence electrons. The number of hydrogen-bond donors (Lipinski definition) is 1. The lowest BCUT2D eigenvalue weighted by Gasteiger charge is -2.29. The maximum atomic E-state index is 12.0. The minimum atomic E-state index is -0.247. The van der Waals surface area contributed by atoms with E-state index in [2.05, 4.69) is 27.7 Å². The lowest BCUT2D eigenvalue weighted by Crippen LogP contribution is -2.38. The molecule has 2 nitrogen and oxygen atoms in total. The highest BCUT2D eigenvalue weighted by atomic mass is 16.1. The number of carbonyl (C=O) groups is 1. The summed E-state index contributed by atoms with van der Waals surface area (Å²) in [6, 6.07) is 0. The summed E-state index contributed by atoms with van der Waals surface area (Å²) in [6.45, 7) is 8.87. The Kier molecular flexibility index (Phi) is 6.01. The van der Waals surface area contributed by atoms with Crippen LogP contribution < -0.4 is 5.73 Å². The van der Waals surface area contributed by atoms with Crippen molar-refractivity contribution in [1.29, 1.82) is 0 Å². The summed E-state index contributed by atoms with van der Waals surface area (Å²) in [5.41, 5.74) is 5.48. The van der Waals surface area contributed by atoms with Crippen molar-refractivity contribution in [2.75, 3.05) is 6.54 Å². The van der Waals surface area contributed by atoms with Crippen LogP contribution in [0.5, 0.6) is 0 Å². The molecule has 0 aliphatic rings. The Morgan fingerprint density at radius 1 is 1.29 bits per heavy atom. The zero-order valence-electron chi connectivity index (χ0n) is 10.1. The van der Waals surface area contributed by atoms with Gasteiger partial charge in [-0.2, -0.15) is 0 Å². The van der Waals surface area contributed by atoms with Gasteiger partial charge in [-0.05, 0) is 18.8 Å². The van der Waals surface area contributed by atoms with Crippen LogP contribution >= 0.6 is 0 Å². The molecule has 0 rings (SSSR count). The SMILES string of the molecule is CCC(C)CC(=O)C(CC)(CC)CN. The Morgan fingerprint density at radius 2 is 1.79 bits per heavy atom. The van der Waals surface area contributed by atoms with Gasteiger partial charge in [-0.3, -0.25) is 4.79 Å². The Bertz CT molecular complexity index is 165. The fourth-order valence-corrected chi connectivity index (χ4v) is 1.72. The predicted octanol–water partition coefficient (Wildman–Crippen LogP) is 2.76. The first-order chi connectivity index (χ1) is 6.56. The molecule has 0 aromatic rings. The maximum absolute atomic E-state index is 12.0. The third-order valence-electron chi connectivity index (χ3n) is 3.57. The van der Waals surface area contributed by atoms with Gasteiger partial charge in [0.1, 0.15) is 5.78 Å². The molecular weight excluding hydrogens is 174 g/mol. The fraction of sp³-hybridized carbons (Fsp3) is 0.917. The van der Waals surface area contributed by atoms with E-state index >= 15 is 0 Å². The highest BCUT2D eigenvalue weighted by molar-refractivity contribution is 5.85. The summed E-state index contributed by atoms with van der Waals surface area (Å²) in [5, 5.41) is 0. The molecule has 0 aliphatic carbocycles. The zero-order valence-corrected chi connectivity index (χ0v) is 10.1. The number of nitrogens with two attached hydrogens (primary N) is 1. The van der Waals surface area contributed by atoms with E-state index in [9.17, 15) is 4.79 Å². The maximum Gasteiger partial charge on any atom is 0.140 e. The second-order valence-electron chi connectivity index (χ2n) is 4.33. The van der Waals surface area contributed by atoms with Crippen LogP contribution in [0, 0.1) is 11.3 Å². The Hall–Kier alpha value is -0.370. The van der Waals surface area contributed by atoms with Gasteiger partial charge in [0.05, 0.1) is 0 Å². The van der Waals surface area contributed by atoms with Crippen molar-refractivity contribution in [2.45, 2.75) is 53.4 Å². The van der Waals surface area contributed by atoms with Crippen molar-refractivity contribution in [3.05, 3.63) is 0 Å². The monoisotopic (exact) mass is 199 g/mol. The summed E-state index contributed by atoms with van der Waals surface area (Å²) in [5.74, 6) is 0.853. The topological polar surface area (TPSA) is 43.1 Å². The Labute approximate surface area is 88.3 Å².